The number of rotatable bonds is 8. The highest BCUT2D eigenvalue weighted by molar-refractivity contribution is 7.20. The minimum atomic E-state index is -1.44. The number of nitrogens with one attached hydrogen (secondary N) is 2. The normalized spacial score (nSPS) is 17.3. The summed E-state index contributed by atoms with van der Waals surface area (Å²) >= 11 is 0.919. The van der Waals surface area contributed by atoms with Crippen molar-refractivity contribution in [1.29, 1.82) is 0 Å². The van der Waals surface area contributed by atoms with Crippen molar-refractivity contribution in [2.24, 2.45) is 16.5 Å². The summed E-state index contributed by atoms with van der Waals surface area (Å²) in [6.07, 6.45) is 0.224. The highest BCUT2D eigenvalue weighted by Crippen LogP contribution is 2.40. The molecule has 1 aromatic carbocycles. The van der Waals surface area contributed by atoms with Crippen molar-refractivity contribution in [1.82, 2.24) is 10.5 Å². The van der Waals surface area contributed by atoms with E-state index in [1.165, 1.54) is 19.9 Å². The molecule has 37 heavy (non-hydrogen) atoms. The summed E-state index contributed by atoms with van der Waals surface area (Å²) in [5.41, 5.74) is 11.2. The minimum Gasteiger partial charge on any atom is -0.386 e. The van der Waals surface area contributed by atoms with E-state index in [9.17, 15) is 23.5 Å². The van der Waals surface area contributed by atoms with E-state index < -0.39 is 34.7 Å². The zero-order chi connectivity index (χ0) is 27.1. The molecule has 1 atom stereocenters. The Kier molecular flexibility index (Phi) is 6.71. The number of thiophene rings is 1. The summed E-state index contributed by atoms with van der Waals surface area (Å²) in [5, 5.41) is 13.3. The van der Waals surface area contributed by atoms with Gasteiger partial charge < -0.3 is 26.7 Å². The monoisotopic (exact) mass is 530 g/mol. The number of pyridine rings is 1. The number of anilines is 2. The maximum Gasteiger partial charge on any atom is 0.306 e. The molecule has 0 saturated carbocycles. The molecule has 4 rings (SSSR count). The topological polar surface area (TPSA) is 165 Å². The van der Waals surface area contributed by atoms with Gasteiger partial charge >= 0.3 is 5.91 Å². The van der Waals surface area contributed by atoms with E-state index in [-0.39, 0.29) is 38.9 Å². The number of nitrogens with zero attached hydrogens (tertiary/aromatic N) is 2. The molecule has 0 bridgehead atoms. The van der Waals surface area contributed by atoms with Crippen LogP contribution in [0.15, 0.2) is 41.4 Å². The van der Waals surface area contributed by atoms with Crippen molar-refractivity contribution in [3.8, 4) is 10.4 Å². The van der Waals surface area contributed by atoms with Crippen LogP contribution in [0.4, 0.5) is 19.6 Å². The Morgan fingerprint density at radius 1 is 1.19 bits per heavy atom. The number of amides is 2. The van der Waals surface area contributed by atoms with Gasteiger partial charge in [0.15, 0.2) is 0 Å². The number of aliphatic imine (C=N–C) groups is 1. The number of carbonyl (C=O) groups is 2. The van der Waals surface area contributed by atoms with Crippen molar-refractivity contribution < 1.29 is 28.3 Å². The fourth-order valence-corrected chi connectivity index (χ4v) is 4.80. The Labute approximate surface area is 214 Å². The molecular formula is C24H24F2N6O4S. The summed E-state index contributed by atoms with van der Waals surface area (Å²) in [6.45, 7) is 4.52. The Hall–Kier alpha value is -3.94. The van der Waals surface area contributed by atoms with Gasteiger partial charge in [-0.05, 0) is 56.7 Å². The van der Waals surface area contributed by atoms with Gasteiger partial charge in [0.1, 0.15) is 28.1 Å². The van der Waals surface area contributed by atoms with Gasteiger partial charge in [-0.25, -0.2) is 18.8 Å². The van der Waals surface area contributed by atoms with E-state index in [0.717, 1.165) is 23.5 Å². The predicted molar refractivity (Wildman–Crippen MR) is 134 cm³/mol. The number of nitrogens with two attached hydrogens (primary N) is 2. The van der Waals surface area contributed by atoms with Crippen LogP contribution in [0, 0.1) is 11.6 Å². The van der Waals surface area contributed by atoms with Crippen molar-refractivity contribution in [3.63, 3.8) is 0 Å². The second kappa shape index (κ2) is 9.50. The van der Waals surface area contributed by atoms with Crippen LogP contribution in [0.2, 0.25) is 0 Å². The highest BCUT2D eigenvalue weighted by Gasteiger charge is 2.34. The molecule has 194 valence electrons. The molecule has 1 aliphatic rings. The van der Waals surface area contributed by atoms with Crippen LogP contribution in [0.1, 0.15) is 42.4 Å². The van der Waals surface area contributed by atoms with Gasteiger partial charge in [0.2, 0.25) is 0 Å². The number of hydrogen-bond acceptors (Lipinski definition) is 9. The molecule has 2 amide bonds. The van der Waals surface area contributed by atoms with Crippen LogP contribution in [-0.2, 0) is 21.7 Å². The first-order chi connectivity index (χ1) is 17.3. The third kappa shape index (κ3) is 5.58. The van der Waals surface area contributed by atoms with Crippen LogP contribution in [0.25, 0.3) is 10.4 Å². The maximum atomic E-state index is 14.9. The lowest BCUT2D eigenvalue weighted by Crippen LogP contribution is -2.38. The van der Waals surface area contributed by atoms with E-state index in [0.29, 0.717) is 11.5 Å². The fourth-order valence-electron chi connectivity index (χ4n) is 3.68. The Morgan fingerprint density at radius 3 is 2.43 bits per heavy atom. The van der Waals surface area contributed by atoms with Crippen molar-refractivity contribution in [2.75, 3.05) is 5.32 Å². The average Bonchev–Trinajstić information content (AvgIpc) is 3.37. The minimum absolute atomic E-state index is 0.0195. The molecule has 0 aliphatic carbocycles. The molecule has 13 heteroatoms. The first-order valence-corrected chi connectivity index (χ1v) is 11.8. The van der Waals surface area contributed by atoms with Crippen molar-refractivity contribution in [3.05, 3.63) is 64.9 Å². The molecule has 0 fully saturated rings. The number of carbonyl (C=O) groups excluding carboxylic acids is 2. The van der Waals surface area contributed by atoms with Gasteiger partial charge in [0, 0.05) is 17.0 Å². The lowest BCUT2D eigenvalue weighted by molar-refractivity contribution is -0.113. The van der Waals surface area contributed by atoms with E-state index >= 15 is 0 Å². The molecule has 0 saturated heterocycles. The molecule has 0 spiro atoms. The molecular weight excluding hydrogens is 506 g/mol. The summed E-state index contributed by atoms with van der Waals surface area (Å²) < 4.78 is 29.8. The molecule has 10 nitrogen and oxygen atoms in total. The van der Waals surface area contributed by atoms with Crippen LogP contribution in [-0.4, -0.2) is 33.5 Å². The number of aromatic nitrogens is 1. The van der Waals surface area contributed by atoms with Crippen LogP contribution < -0.4 is 22.3 Å². The number of hydroxylamine groups is 1. The molecule has 2 aromatic heterocycles. The lowest BCUT2D eigenvalue weighted by Gasteiger charge is -2.19. The molecule has 1 aliphatic heterocycles. The van der Waals surface area contributed by atoms with Crippen LogP contribution in [0.5, 0.6) is 0 Å². The Bertz CT molecular complexity index is 1410. The summed E-state index contributed by atoms with van der Waals surface area (Å²) in [6, 6.07) is 8.45. The van der Waals surface area contributed by atoms with Crippen LogP contribution >= 0.6 is 11.3 Å². The van der Waals surface area contributed by atoms with E-state index in [4.69, 9.17) is 16.3 Å². The molecule has 0 radical (unpaired) electrons. The van der Waals surface area contributed by atoms with Crippen molar-refractivity contribution >= 4 is 39.9 Å². The fraction of sp³-hybridized carbons (Fsp3) is 0.250. The average molecular weight is 531 g/mol. The summed E-state index contributed by atoms with van der Waals surface area (Å²) in [4.78, 5) is 37.2. The predicted octanol–water partition coefficient (Wildman–Crippen LogP) is 2.84. The Morgan fingerprint density at radius 2 is 1.86 bits per heavy atom. The van der Waals surface area contributed by atoms with Gasteiger partial charge in [-0.1, -0.05) is 6.07 Å². The highest BCUT2D eigenvalue weighted by atomic mass is 32.1. The second-order valence-electron chi connectivity index (χ2n) is 9.17. The summed E-state index contributed by atoms with van der Waals surface area (Å²) in [5.74, 6) is -3.32. The molecule has 1 unspecified atom stereocenters. The quantitative estimate of drug-likeness (QED) is 0.299. The zero-order valence-electron chi connectivity index (χ0n) is 20.1. The molecule has 7 N–H and O–H groups in total. The third-order valence-electron chi connectivity index (χ3n) is 5.49. The zero-order valence-corrected chi connectivity index (χ0v) is 20.9. The number of primary amides is 2. The van der Waals surface area contributed by atoms with Crippen molar-refractivity contribution in [2.45, 2.75) is 38.5 Å². The maximum absolute atomic E-state index is 14.9. The number of benzene rings is 1. The standard InChI is InChI=1S/C24H24F2N6O4S/c1-23(2,35)11-7-14(25)18(15(26)8-11)16-9-13(19(27)33)22(37-16)30-17-6-4-5-12(29-17)10-24(3)31-21(20(28)34)36-32-24/h4-9,32,35H,10H2,1-3H3,(H2,27,33)(H2,28,34)(H,29,30). The summed E-state index contributed by atoms with van der Waals surface area (Å²) in [7, 11) is 0. The van der Waals surface area contributed by atoms with Gasteiger partial charge in [0.05, 0.1) is 16.7 Å². The number of halogens is 2. The number of aliphatic hydroxyl groups is 1. The molecule has 3 heterocycles. The first kappa shape index (κ1) is 26.1. The SMILES string of the molecule is CC1(Cc2cccc(Nc3sc(-c4c(F)cc(C(C)(C)O)cc4F)cc3C(N)=O)n2)N=C(C(N)=O)ON1. The van der Waals surface area contributed by atoms with E-state index in [1.54, 1.807) is 25.1 Å². The largest absolute Gasteiger partial charge is 0.386 e. The lowest BCUT2D eigenvalue weighted by atomic mass is 9.96. The Balaban J connectivity index is 1.64. The first-order valence-electron chi connectivity index (χ1n) is 11.0. The van der Waals surface area contributed by atoms with Gasteiger partial charge in [0.25, 0.3) is 11.8 Å². The van der Waals surface area contributed by atoms with E-state index in [2.05, 4.69) is 20.8 Å². The third-order valence-corrected chi connectivity index (χ3v) is 6.56. The van der Waals surface area contributed by atoms with Crippen LogP contribution in [0.3, 0.4) is 0 Å². The molecule has 3 aromatic rings. The van der Waals surface area contributed by atoms with E-state index in [1.807, 2.05) is 0 Å². The number of hydrogen-bond donors (Lipinski definition) is 5. The van der Waals surface area contributed by atoms with Gasteiger partial charge in [-0.15, -0.1) is 16.8 Å². The second-order valence-corrected chi connectivity index (χ2v) is 10.2. The van der Waals surface area contributed by atoms with Gasteiger partial charge in [-0.2, -0.15) is 0 Å². The smallest absolute Gasteiger partial charge is 0.306 e. The van der Waals surface area contributed by atoms with Gasteiger partial charge in [-0.3, -0.25) is 9.59 Å².